The van der Waals surface area contributed by atoms with E-state index in [9.17, 15) is 0 Å². The third kappa shape index (κ3) is 3.60. The Morgan fingerprint density at radius 3 is 2.52 bits per heavy atom. The van der Waals surface area contributed by atoms with Crippen molar-refractivity contribution in [3.8, 4) is 0 Å². The molecule has 2 rings (SSSR count). The molecule has 0 aliphatic rings. The van der Waals surface area contributed by atoms with Crippen LogP contribution in [0.2, 0.25) is 5.02 Å². The van der Waals surface area contributed by atoms with Gasteiger partial charge in [0.25, 0.3) is 0 Å². The minimum atomic E-state index is 0.0690. The van der Waals surface area contributed by atoms with Gasteiger partial charge in [-0.2, -0.15) is 0 Å². The summed E-state index contributed by atoms with van der Waals surface area (Å²) >= 11 is 9.74. The van der Waals surface area contributed by atoms with Crippen LogP contribution in [-0.2, 0) is 0 Å². The number of rotatable bonds is 4. The molecule has 1 atom stereocenters. The first-order valence-electron chi connectivity index (χ1n) is 6.89. The summed E-state index contributed by atoms with van der Waals surface area (Å²) < 4.78 is 1.03. The standard InChI is InChI=1S/C17H20BrClN2/c1-11-4-7-16(12(2)8-11)21(3)17(10-20)14-9-13(19)5-6-15(14)18/h4-9,17H,10,20H2,1-3H3. The van der Waals surface area contributed by atoms with Gasteiger partial charge in [0.05, 0.1) is 6.04 Å². The largest absolute Gasteiger partial charge is 0.366 e. The highest BCUT2D eigenvalue weighted by Gasteiger charge is 2.20. The average molecular weight is 368 g/mol. The van der Waals surface area contributed by atoms with Crippen molar-refractivity contribution in [2.24, 2.45) is 5.73 Å². The van der Waals surface area contributed by atoms with Crippen molar-refractivity contribution in [2.75, 3.05) is 18.5 Å². The second-order valence-corrected chi connectivity index (χ2v) is 6.61. The summed E-state index contributed by atoms with van der Waals surface area (Å²) in [5, 5.41) is 0.723. The van der Waals surface area contributed by atoms with Gasteiger partial charge >= 0.3 is 0 Å². The molecule has 0 bridgehead atoms. The zero-order valence-corrected chi connectivity index (χ0v) is 14.9. The monoisotopic (exact) mass is 366 g/mol. The molecular formula is C17H20BrClN2. The van der Waals surface area contributed by atoms with E-state index in [1.807, 2.05) is 18.2 Å². The number of aryl methyl sites for hydroxylation is 2. The molecule has 0 spiro atoms. The minimum absolute atomic E-state index is 0.0690. The van der Waals surface area contributed by atoms with Crippen molar-refractivity contribution in [3.63, 3.8) is 0 Å². The first-order valence-corrected chi connectivity index (χ1v) is 8.06. The maximum Gasteiger partial charge on any atom is 0.0673 e. The maximum atomic E-state index is 6.14. The first kappa shape index (κ1) is 16.3. The molecule has 2 N–H and O–H groups in total. The molecule has 0 heterocycles. The van der Waals surface area contributed by atoms with Gasteiger partial charge in [-0.15, -0.1) is 0 Å². The normalized spacial score (nSPS) is 12.3. The molecule has 4 heteroatoms. The molecule has 0 aromatic heterocycles. The van der Waals surface area contributed by atoms with Crippen LogP contribution >= 0.6 is 27.5 Å². The van der Waals surface area contributed by atoms with E-state index in [1.165, 1.54) is 16.8 Å². The molecule has 0 amide bonds. The van der Waals surface area contributed by atoms with Crippen LogP contribution in [0.15, 0.2) is 40.9 Å². The summed E-state index contributed by atoms with van der Waals surface area (Å²) in [5.74, 6) is 0. The van der Waals surface area contributed by atoms with E-state index in [0.29, 0.717) is 6.54 Å². The number of nitrogens with zero attached hydrogens (tertiary/aromatic N) is 1. The topological polar surface area (TPSA) is 29.3 Å². The second-order valence-electron chi connectivity index (χ2n) is 5.32. The Hall–Kier alpha value is -1.03. The molecular weight excluding hydrogens is 348 g/mol. The number of anilines is 1. The lowest BCUT2D eigenvalue weighted by Gasteiger charge is -2.31. The Labute approximate surface area is 140 Å². The summed E-state index contributed by atoms with van der Waals surface area (Å²) in [7, 11) is 2.07. The van der Waals surface area contributed by atoms with E-state index >= 15 is 0 Å². The Kier molecular flexibility index (Phi) is 5.31. The van der Waals surface area contributed by atoms with Crippen molar-refractivity contribution >= 4 is 33.2 Å². The second kappa shape index (κ2) is 6.82. The van der Waals surface area contributed by atoms with Crippen LogP contribution in [0.5, 0.6) is 0 Å². The summed E-state index contributed by atoms with van der Waals surface area (Å²) in [6, 6.07) is 12.3. The van der Waals surface area contributed by atoms with E-state index in [2.05, 4.69) is 59.9 Å². The van der Waals surface area contributed by atoms with Crippen LogP contribution in [0.4, 0.5) is 5.69 Å². The Morgan fingerprint density at radius 1 is 1.19 bits per heavy atom. The van der Waals surface area contributed by atoms with Crippen molar-refractivity contribution in [1.29, 1.82) is 0 Å². The van der Waals surface area contributed by atoms with E-state index in [4.69, 9.17) is 17.3 Å². The van der Waals surface area contributed by atoms with Crippen LogP contribution in [-0.4, -0.2) is 13.6 Å². The summed E-state index contributed by atoms with van der Waals surface area (Å²) in [4.78, 5) is 2.21. The Bertz CT molecular complexity index is 643. The van der Waals surface area contributed by atoms with Gasteiger partial charge in [0.15, 0.2) is 0 Å². The van der Waals surface area contributed by atoms with Gasteiger partial charge in [0.2, 0.25) is 0 Å². The van der Waals surface area contributed by atoms with Crippen LogP contribution in [0.25, 0.3) is 0 Å². The number of hydrogen-bond donors (Lipinski definition) is 1. The van der Waals surface area contributed by atoms with Crippen molar-refractivity contribution < 1.29 is 0 Å². The molecule has 21 heavy (non-hydrogen) atoms. The Balaban J connectivity index is 2.43. The average Bonchev–Trinajstić information content (AvgIpc) is 2.43. The molecule has 0 radical (unpaired) electrons. The van der Waals surface area contributed by atoms with Crippen molar-refractivity contribution in [3.05, 3.63) is 62.6 Å². The molecule has 2 nitrogen and oxygen atoms in total. The molecule has 2 aromatic carbocycles. The quantitative estimate of drug-likeness (QED) is 0.836. The van der Waals surface area contributed by atoms with Crippen LogP contribution < -0.4 is 10.6 Å². The zero-order chi connectivity index (χ0) is 15.6. The van der Waals surface area contributed by atoms with Crippen LogP contribution in [0, 0.1) is 13.8 Å². The fourth-order valence-corrected chi connectivity index (χ4v) is 3.32. The van der Waals surface area contributed by atoms with Gasteiger partial charge in [-0.1, -0.05) is 45.2 Å². The molecule has 0 saturated heterocycles. The van der Waals surface area contributed by atoms with Gasteiger partial charge in [-0.05, 0) is 49.2 Å². The van der Waals surface area contributed by atoms with E-state index in [0.717, 1.165) is 15.1 Å². The summed E-state index contributed by atoms with van der Waals surface area (Å²) in [5.41, 5.74) is 10.8. The van der Waals surface area contributed by atoms with E-state index in [-0.39, 0.29) is 6.04 Å². The number of likely N-dealkylation sites (N-methyl/N-ethyl adjacent to an activating group) is 1. The number of nitrogens with two attached hydrogens (primary N) is 1. The van der Waals surface area contributed by atoms with Gasteiger partial charge in [0, 0.05) is 28.8 Å². The van der Waals surface area contributed by atoms with Crippen LogP contribution in [0.1, 0.15) is 22.7 Å². The molecule has 1 unspecified atom stereocenters. The molecule has 0 saturated carbocycles. The van der Waals surface area contributed by atoms with Gasteiger partial charge in [-0.25, -0.2) is 0 Å². The van der Waals surface area contributed by atoms with Crippen molar-refractivity contribution in [2.45, 2.75) is 19.9 Å². The summed E-state index contributed by atoms with van der Waals surface area (Å²) in [6.45, 7) is 4.74. The van der Waals surface area contributed by atoms with Gasteiger partial charge in [0.1, 0.15) is 0 Å². The van der Waals surface area contributed by atoms with Gasteiger partial charge in [-0.3, -0.25) is 0 Å². The van der Waals surface area contributed by atoms with E-state index < -0.39 is 0 Å². The number of hydrogen-bond acceptors (Lipinski definition) is 2. The first-order chi connectivity index (χ1) is 9.93. The third-order valence-corrected chi connectivity index (χ3v) is 4.70. The molecule has 0 aliphatic carbocycles. The van der Waals surface area contributed by atoms with E-state index in [1.54, 1.807) is 0 Å². The third-order valence-electron chi connectivity index (χ3n) is 3.74. The molecule has 112 valence electrons. The lowest BCUT2D eigenvalue weighted by Crippen LogP contribution is -2.31. The van der Waals surface area contributed by atoms with Gasteiger partial charge < -0.3 is 10.6 Å². The fraction of sp³-hybridized carbons (Fsp3) is 0.294. The smallest absolute Gasteiger partial charge is 0.0673 e. The van der Waals surface area contributed by atoms with Crippen LogP contribution in [0.3, 0.4) is 0 Å². The minimum Gasteiger partial charge on any atom is -0.366 e. The number of halogens is 2. The van der Waals surface area contributed by atoms with Crippen molar-refractivity contribution in [1.82, 2.24) is 0 Å². The lowest BCUT2D eigenvalue weighted by atomic mass is 10.0. The fourth-order valence-electron chi connectivity index (χ4n) is 2.63. The molecule has 0 aliphatic heterocycles. The lowest BCUT2D eigenvalue weighted by molar-refractivity contribution is 0.676. The highest BCUT2D eigenvalue weighted by molar-refractivity contribution is 9.10. The highest BCUT2D eigenvalue weighted by Crippen LogP contribution is 2.33. The maximum absolute atomic E-state index is 6.14. The predicted octanol–water partition coefficient (Wildman–Crippen LogP) is 4.86. The number of benzene rings is 2. The Morgan fingerprint density at radius 2 is 1.90 bits per heavy atom. The molecule has 2 aromatic rings. The highest BCUT2D eigenvalue weighted by atomic mass is 79.9. The zero-order valence-electron chi connectivity index (χ0n) is 12.5. The summed E-state index contributed by atoms with van der Waals surface area (Å²) in [6.07, 6.45) is 0. The predicted molar refractivity (Wildman–Crippen MR) is 95.3 cm³/mol. The molecule has 0 fully saturated rings. The SMILES string of the molecule is Cc1ccc(N(C)C(CN)c2cc(Cl)ccc2Br)c(C)c1.